The van der Waals surface area contributed by atoms with E-state index >= 15 is 0 Å². The first-order valence-electron chi connectivity index (χ1n) is 13.5. The Bertz CT molecular complexity index is 2310. The Labute approximate surface area is 233 Å². The van der Waals surface area contributed by atoms with Gasteiger partial charge in [-0.15, -0.1) is 0 Å². The molecule has 5 heterocycles. The molecule has 4 aromatic carbocycles. The van der Waals surface area contributed by atoms with E-state index in [1.807, 2.05) is 61.2 Å². The maximum absolute atomic E-state index is 7.22. The van der Waals surface area contributed by atoms with Gasteiger partial charge in [-0.2, -0.15) is 0 Å². The van der Waals surface area contributed by atoms with Crippen LogP contribution in [0.5, 0.6) is 0 Å². The summed E-state index contributed by atoms with van der Waals surface area (Å²) < 4.78 is 7.22. The average molecular weight is 525 g/mol. The van der Waals surface area contributed by atoms with E-state index in [0.29, 0.717) is 0 Å². The summed E-state index contributed by atoms with van der Waals surface area (Å²) in [5.41, 5.74) is 8.93. The van der Waals surface area contributed by atoms with Gasteiger partial charge in [0, 0.05) is 57.8 Å². The summed E-state index contributed by atoms with van der Waals surface area (Å²) in [6.45, 7) is 0. The van der Waals surface area contributed by atoms with Crippen LogP contribution in [0.4, 0.5) is 0 Å². The molecule has 0 N–H and O–H groups in total. The fourth-order valence-electron chi connectivity index (χ4n) is 6.27. The Balaban J connectivity index is 1.54. The third-order valence-corrected chi connectivity index (χ3v) is 8.06. The maximum atomic E-state index is 7.22. The Hall–Kier alpha value is -5.68. The van der Waals surface area contributed by atoms with E-state index in [2.05, 4.69) is 70.6 Å². The van der Waals surface area contributed by atoms with Crippen LogP contribution in [0.1, 0.15) is 0 Å². The van der Waals surface area contributed by atoms with Crippen molar-refractivity contribution in [2.75, 3.05) is 0 Å². The molecule has 0 fully saturated rings. The van der Waals surface area contributed by atoms with Gasteiger partial charge < -0.3 is 4.42 Å². The summed E-state index contributed by atoms with van der Waals surface area (Å²) in [5, 5.41) is 6.69. The lowest BCUT2D eigenvalue weighted by Crippen LogP contribution is -1.89. The molecule has 0 saturated carbocycles. The van der Waals surface area contributed by atoms with Gasteiger partial charge in [0.05, 0.1) is 22.1 Å². The summed E-state index contributed by atoms with van der Waals surface area (Å²) in [6.07, 6.45) is 7.31. The Morgan fingerprint density at radius 2 is 0.902 bits per heavy atom. The fraction of sp³-hybridized carbons (Fsp3) is 0. The van der Waals surface area contributed by atoms with E-state index in [-0.39, 0.29) is 0 Å². The van der Waals surface area contributed by atoms with Gasteiger partial charge >= 0.3 is 0 Å². The highest BCUT2D eigenvalue weighted by molar-refractivity contribution is 6.26. The molecule has 9 rings (SSSR count). The van der Waals surface area contributed by atoms with E-state index in [1.165, 1.54) is 0 Å². The zero-order chi connectivity index (χ0) is 26.9. The van der Waals surface area contributed by atoms with Crippen LogP contribution in [0.2, 0.25) is 0 Å². The molecule has 0 unspecified atom stereocenters. The molecular weight excluding hydrogens is 504 g/mol. The zero-order valence-corrected chi connectivity index (χ0v) is 21.7. The second-order valence-electron chi connectivity index (χ2n) is 10.3. The van der Waals surface area contributed by atoms with E-state index < -0.39 is 0 Å². The van der Waals surface area contributed by atoms with E-state index in [9.17, 15) is 0 Å². The first-order chi connectivity index (χ1) is 20.3. The van der Waals surface area contributed by atoms with Crippen LogP contribution in [0.25, 0.3) is 87.8 Å². The first-order valence-corrected chi connectivity index (χ1v) is 13.5. The minimum absolute atomic E-state index is 0.813. The van der Waals surface area contributed by atoms with Crippen LogP contribution < -0.4 is 0 Å². The molecule has 190 valence electrons. The molecule has 0 atom stereocenters. The summed E-state index contributed by atoms with van der Waals surface area (Å²) in [6, 6.07) is 33.4. The SMILES string of the molecule is c1cnc2c(-c3ccc4cccc5c6cccc7ccc(-c8ccnc9cccnc89)c(oc3c45)c76)ccnc2c1. The third-order valence-electron chi connectivity index (χ3n) is 8.06. The van der Waals surface area contributed by atoms with Gasteiger partial charge in [0.2, 0.25) is 0 Å². The zero-order valence-electron chi connectivity index (χ0n) is 21.7. The second-order valence-corrected chi connectivity index (χ2v) is 10.3. The number of aromatic nitrogens is 4. The topological polar surface area (TPSA) is 64.7 Å². The van der Waals surface area contributed by atoms with Gasteiger partial charge in [0.15, 0.2) is 0 Å². The number of benzene rings is 4. The molecule has 5 heteroatoms. The van der Waals surface area contributed by atoms with Gasteiger partial charge in [-0.1, -0.05) is 48.5 Å². The molecule has 0 aliphatic carbocycles. The summed E-state index contributed by atoms with van der Waals surface area (Å²) in [5.74, 6) is 0. The molecule has 5 aromatic heterocycles. The van der Waals surface area contributed by atoms with Crippen molar-refractivity contribution in [1.29, 1.82) is 0 Å². The highest BCUT2D eigenvalue weighted by Gasteiger charge is 2.19. The average Bonchev–Trinajstić information content (AvgIpc) is 3.18. The minimum Gasteiger partial charge on any atom is -0.455 e. The van der Waals surface area contributed by atoms with Gasteiger partial charge in [-0.25, -0.2) is 0 Å². The number of nitrogens with zero attached hydrogens (tertiary/aromatic N) is 4. The van der Waals surface area contributed by atoms with Crippen LogP contribution >= 0.6 is 0 Å². The summed E-state index contributed by atoms with van der Waals surface area (Å²) >= 11 is 0. The predicted octanol–water partition coefficient (Wildman–Crippen LogP) is 9.11. The van der Waals surface area contributed by atoms with Crippen molar-refractivity contribution >= 4 is 65.6 Å². The van der Waals surface area contributed by atoms with Crippen LogP contribution in [0.15, 0.2) is 126 Å². The monoisotopic (exact) mass is 524 g/mol. The lowest BCUT2D eigenvalue weighted by molar-refractivity contribution is 0.666. The number of pyridine rings is 4. The molecule has 0 saturated heterocycles. The van der Waals surface area contributed by atoms with E-state index in [1.54, 1.807) is 0 Å². The molecule has 0 aliphatic rings. The third kappa shape index (κ3) is 3.17. The van der Waals surface area contributed by atoms with Crippen LogP contribution in [-0.4, -0.2) is 19.9 Å². The Morgan fingerprint density at radius 1 is 0.390 bits per heavy atom. The molecule has 5 nitrogen and oxygen atoms in total. The van der Waals surface area contributed by atoms with Gasteiger partial charge in [-0.05, 0) is 70.1 Å². The lowest BCUT2D eigenvalue weighted by atomic mass is 9.94. The Kier molecular flexibility index (Phi) is 4.55. The van der Waals surface area contributed by atoms with E-state index in [4.69, 9.17) is 14.4 Å². The second kappa shape index (κ2) is 8.41. The van der Waals surface area contributed by atoms with Crippen molar-refractivity contribution < 1.29 is 4.42 Å². The molecule has 0 amide bonds. The molecule has 0 spiro atoms. The highest BCUT2D eigenvalue weighted by atomic mass is 16.3. The van der Waals surface area contributed by atoms with Gasteiger partial charge in [-0.3, -0.25) is 19.9 Å². The van der Waals surface area contributed by atoms with Crippen molar-refractivity contribution in [2.24, 2.45) is 0 Å². The van der Waals surface area contributed by atoms with Crippen LogP contribution in [0.3, 0.4) is 0 Å². The first kappa shape index (κ1) is 22.2. The van der Waals surface area contributed by atoms with Crippen molar-refractivity contribution in [3.63, 3.8) is 0 Å². The van der Waals surface area contributed by atoms with Crippen LogP contribution in [-0.2, 0) is 0 Å². The minimum atomic E-state index is 0.813. The molecule has 0 radical (unpaired) electrons. The summed E-state index contributed by atoms with van der Waals surface area (Å²) in [7, 11) is 0. The van der Waals surface area contributed by atoms with Crippen LogP contribution in [0, 0.1) is 0 Å². The maximum Gasteiger partial charge on any atom is 0.143 e. The van der Waals surface area contributed by atoms with Crippen molar-refractivity contribution in [2.45, 2.75) is 0 Å². The molecule has 41 heavy (non-hydrogen) atoms. The molecular formula is C36H20N4O. The smallest absolute Gasteiger partial charge is 0.143 e. The molecule has 0 bridgehead atoms. The molecule has 9 aromatic rings. The fourth-order valence-corrected chi connectivity index (χ4v) is 6.27. The van der Waals surface area contributed by atoms with Gasteiger partial charge in [0.1, 0.15) is 11.2 Å². The lowest BCUT2D eigenvalue weighted by Gasteiger charge is -2.11. The highest BCUT2D eigenvalue weighted by Crippen LogP contribution is 2.44. The Morgan fingerprint density at radius 3 is 1.41 bits per heavy atom. The van der Waals surface area contributed by atoms with Crippen molar-refractivity contribution in [1.82, 2.24) is 19.9 Å². The summed E-state index contributed by atoms with van der Waals surface area (Å²) in [4.78, 5) is 18.6. The van der Waals surface area contributed by atoms with E-state index in [0.717, 1.165) is 87.8 Å². The number of fused-ring (bicyclic) bond motifs is 3. The largest absolute Gasteiger partial charge is 0.455 e. The number of hydrogen-bond donors (Lipinski definition) is 0. The number of hydrogen-bond acceptors (Lipinski definition) is 5. The normalized spacial score (nSPS) is 11.9. The quantitative estimate of drug-likeness (QED) is 0.226. The standard InChI is InChI=1S/C36H20N4O/c1-5-21-11-13-27(25-15-19-37-29-9-3-17-39-33(25)29)35-31(21)23(7-1)24-8-2-6-22-12-14-28(36(41-35)32(22)24)26-16-20-38-30-10-4-18-40-34(26)30/h1-20H. The number of rotatable bonds is 2. The van der Waals surface area contributed by atoms with Crippen molar-refractivity contribution in [3.05, 3.63) is 122 Å². The molecule has 0 aliphatic heterocycles. The van der Waals surface area contributed by atoms with Gasteiger partial charge in [0.25, 0.3) is 0 Å². The predicted molar refractivity (Wildman–Crippen MR) is 166 cm³/mol. The van der Waals surface area contributed by atoms with Crippen molar-refractivity contribution in [3.8, 4) is 22.3 Å².